The highest BCUT2D eigenvalue weighted by Gasteiger charge is 2.17. The minimum absolute atomic E-state index is 0.114. The van der Waals surface area contributed by atoms with E-state index in [1.54, 1.807) is 47.3 Å². The number of pyridine rings is 1. The van der Waals surface area contributed by atoms with Gasteiger partial charge < -0.3 is 10.6 Å². The van der Waals surface area contributed by atoms with E-state index < -0.39 is 0 Å². The number of amides is 2. The molecule has 160 valence electrons. The van der Waals surface area contributed by atoms with Crippen LogP contribution in [0.15, 0.2) is 53.6 Å². The van der Waals surface area contributed by atoms with E-state index in [1.165, 1.54) is 4.68 Å². The van der Waals surface area contributed by atoms with Crippen LogP contribution in [0.5, 0.6) is 0 Å². The zero-order valence-corrected chi connectivity index (χ0v) is 17.1. The van der Waals surface area contributed by atoms with Crippen LogP contribution in [0.25, 0.3) is 0 Å². The highest BCUT2D eigenvalue weighted by atomic mass is 16.2. The van der Waals surface area contributed by atoms with Gasteiger partial charge >= 0.3 is 5.69 Å². The molecule has 9 heteroatoms. The van der Waals surface area contributed by atoms with Gasteiger partial charge in [0.1, 0.15) is 12.4 Å². The van der Waals surface area contributed by atoms with E-state index in [9.17, 15) is 14.4 Å². The molecule has 0 spiro atoms. The number of hydrogen-bond acceptors (Lipinski definition) is 5. The standard InChI is InChI=1S/C22H24N6O3/c29-20(15-28-22(31)27-12-3-1-2-7-19(27)26-28)24-14-16-5-4-6-18(13-16)25-21(30)17-8-10-23-11-9-17/h4-6,8-11,13H,1-3,7,12,14-15H2,(H,24,29)(H,25,30). The number of rotatable bonds is 6. The SMILES string of the molecule is O=C(Cn1nc2n(c1=O)CCCCC2)NCc1cccc(NC(=O)c2ccncc2)c1. The lowest BCUT2D eigenvalue weighted by atomic mass is 10.2. The first-order valence-corrected chi connectivity index (χ1v) is 10.3. The third-order valence-corrected chi connectivity index (χ3v) is 5.19. The molecule has 3 heterocycles. The lowest BCUT2D eigenvalue weighted by Gasteiger charge is -2.09. The molecule has 1 aromatic carbocycles. The summed E-state index contributed by atoms with van der Waals surface area (Å²) in [6.45, 7) is 0.825. The second-order valence-corrected chi connectivity index (χ2v) is 7.49. The van der Waals surface area contributed by atoms with Gasteiger partial charge in [-0.2, -0.15) is 5.10 Å². The van der Waals surface area contributed by atoms with Gasteiger partial charge in [0.05, 0.1) is 0 Å². The number of anilines is 1. The Morgan fingerprint density at radius 1 is 1.06 bits per heavy atom. The van der Waals surface area contributed by atoms with Crippen LogP contribution in [-0.4, -0.2) is 31.1 Å². The van der Waals surface area contributed by atoms with E-state index in [0.29, 0.717) is 17.8 Å². The van der Waals surface area contributed by atoms with Gasteiger partial charge in [0.15, 0.2) is 0 Å². The minimum atomic E-state index is -0.290. The quantitative estimate of drug-likeness (QED) is 0.631. The van der Waals surface area contributed by atoms with Gasteiger partial charge in [-0.15, -0.1) is 0 Å². The van der Waals surface area contributed by atoms with Crippen molar-refractivity contribution in [1.82, 2.24) is 24.6 Å². The second-order valence-electron chi connectivity index (χ2n) is 7.49. The zero-order chi connectivity index (χ0) is 21.6. The summed E-state index contributed by atoms with van der Waals surface area (Å²) in [4.78, 5) is 41.0. The molecule has 0 fully saturated rings. The van der Waals surface area contributed by atoms with Gasteiger partial charge in [-0.05, 0) is 42.7 Å². The minimum Gasteiger partial charge on any atom is -0.350 e. The van der Waals surface area contributed by atoms with Crippen molar-refractivity contribution in [2.24, 2.45) is 0 Å². The molecule has 3 aromatic rings. The molecule has 0 radical (unpaired) electrons. The van der Waals surface area contributed by atoms with Gasteiger partial charge in [0.2, 0.25) is 5.91 Å². The summed E-state index contributed by atoms with van der Waals surface area (Å²) in [5.41, 5.74) is 1.74. The predicted octanol–water partition coefficient (Wildman–Crippen LogP) is 1.73. The number of aromatic nitrogens is 4. The fraction of sp³-hybridized carbons (Fsp3) is 0.318. The maximum atomic E-state index is 12.5. The van der Waals surface area contributed by atoms with Crippen LogP contribution in [-0.2, 0) is 30.8 Å². The summed E-state index contributed by atoms with van der Waals surface area (Å²) in [5.74, 6) is 0.233. The Morgan fingerprint density at radius 3 is 2.74 bits per heavy atom. The van der Waals surface area contributed by atoms with Gasteiger partial charge in [-0.25, -0.2) is 9.48 Å². The van der Waals surface area contributed by atoms with Gasteiger partial charge in [-0.1, -0.05) is 18.6 Å². The van der Waals surface area contributed by atoms with Crippen molar-refractivity contribution in [3.63, 3.8) is 0 Å². The Balaban J connectivity index is 1.34. The summed E-state index contributed by atoms with van der Waals surface area (Å²) in [5, 5.41) is 9.97. The monoisotopic (exact) mass is 420 g/mol. The average Bonchev–Trinajstić information content (AvgIpc) is 2.94. The largest absolute Gasteiger partial charge is 0.350 e. The van der Waals surface area contributed by atoms with E-state index >= 15 is 0 Å². The van der Waals surface area contributed by atoms with Crippen molar-refractivity contribution in [2.45, 2.75) is 45.3 Å². The number of carbonyl (C=O) groups excluding carboxylic acids is 2. The maximum Gasteiger partial charge on any atom is 0.346 e. The number of hydrogen-bond donors (Lipinski definition) is 2. The normalized spacial score (nSPS) is 13.2. The lowest BCUT2D eigenvalue weighted by molar-refractivity contribution is -0.122. The van der Waals surface area contributed by atoms with E-state index in [4.69, 9.17) is 0 Å². The molecule has 4 rings (SSSR count). The Hall–Kier alpha value is -3.75. The van der Waals surface area contributed by atoms with E-state index in [1.807, 2.05) is 6.07 Å². The van der Waals surface area contributed by atoms with Crippen LogP contribution >= 0.6 is 0 Å². The summed E-state index contributed by atoms with van der Waals surface area (Å²) in [6.07, 6.45) is 6.94. The lowest BCUT2D eigenvalue weighted by Crippen LogP contribution is -2.33. The van der Waals surface area contributed by atoms with Crippen LogP contribution in [0.2, 0.25) is 0 Å². The average molecular weight is 420 g/mol. The van der Waals surface area contributed by atoms with Crippen molar-refractivity contribution in [3.8, 4) is 0 Å². The number of carbonyl (C=O) groups is 2. The molecule has 0 unspecified atom stereocenters. The van der Waals surface area contributed by atoms with Crippen molar-refractivity contribution in [2.75, 3.05) is 5.32 Å². The number of nitrogens with one attached hydrogen (secondary N) is 2. The predicted molar refractivity (Wildman–Crippen MR) is 115 cm³/mol. The topological polar surface area (TPSA) is 111 Å². The third-order valence-electron chi connectivity index (χ3n) is 5.19. The smallest absolute Gasteiger partial charge is 0.346 e. The Morgan fingerprint density at radius 2 is 1.90 bits per heavy atom. The molecule has 0 saturated carbocycles. The molecule has 31 heavy (non-hydrogen) atoms. The summed E-state index contributed by atoms with van der Waals surface area (Å²) < 4.78 is 2.91. The molecule has 0 bridgehead atoms. The van der Waals surface area contributed by atoms with Crippen LogP contribution in [0, 0.1) is 0 Å². The summed E-state index contributed by atoms with van der Waals surface area (Å²) >= 11 is 0. The highest BCUT2D eigenvalue weighted by molar-refractivity contribution is 6.04. The first kappa shape index (κ1) is 20.5. The molecule has 2 aromatic heterocycles. The number of benzene rings is 1. The van der Waals surface area contributed by atoms with Crippen molar-refractivity contribution >= 4 is 17.5 Å². The molecule has 9 nitrogen and oxygen atoms in total. The molecule has 0 saturated heterocycles. The Bertz CT molecular complexity index is 1140. The van der Waals surface area contributed by atoms with Crippen molar-refractivity contribution in [3.05, 3.63) is 76.2 Å². The van der Waals surface area contributed by atoms with E-state index in [2.05, 4.69) is 20.7 Å². The molecule has 0 aliphatic carbocycles. The second kappa shape index (κ2) is 9.38. The van der Waals surface area contributed by atoms with Gasteiger partial charge in [0.25, 0.3) is 5.91 Å². The van der Waals surface area contributed by atoms with Crippen LogP contribution in [0.1, 0.15) is 41.0 Å². The summed E-state index contributed by atoms with van der Waals surface area (Å²) in [7, 11) is 0. The van der Waals surface area contributed by atoms with Gasteiger partial charge in [-0.3, -0.25) is 19.1 Å². The molecule has 2 N–H and O–H groups in total. The number of aryl methyl sites for hydroxylation is 1. The molecular weight excluding hydrogens is 396 g/mol. The number of fused-ring (bicyclic) bond motifs is 1. The fourth-order valence-electron chi connectivity index (χ4n) is 3.59. The molecule has 1 aliphatic heterocycles. The maximum absolute atomic E-state index is 12.5. The van der Waals surface area contributed by atoms with Crippen molar-refractivity contribution < 1.29 is 9.59 Å². The van der Waals surface area contributed by atoms with Crippen molar-refractivity contribution in [1.29, 1.82) is 0 Å². The van der Waals surface area contributed by atoms with Gasteiger partial charge in [0, 0.05) is 43.2 Å². The Labute approximate surface area is 179 Å². The zero-order valence-electron chi connectivity index (χ0n) is 17.1. The molecular formula is C22H24N6O3. The highest BCUT2D eigenvalue weighted by Crippen LogP contribution is 2.13. The van der Waals surface area contributed by atoms with Crippen LogP contribution in [0.3, 0.4) is 0 Å². The van der Waals surface area contributed by atoms with Crippen LogP contribution < -0.4 is 16.3 Å². The Kier molecular flexibility index (Phi) is 6.21. The molecule has 0 atom stereocenters. The first-order chi connectivity index (χ1) is 15.1. The third kappa shape index (κ3) is 5.06. The van der Waals surface area contributed by atoms with E-state index in [-0.39, 0.29) is 30.6 Å². The summed E-state index contributed by atoms with van der Waals surface area (Å²) in [6, 6.07) is 10.5. The fourth-order valence-corrected chi connectivity index (χ4v) is 3.59. The van der Waals surface area contributed by atoms with E-state index in [0.717, 1.165) is 37.1 Å². The number of nitrogens with zero attached hydrogens (tertiary/aromatic N) is 4. The van der Waals surface area contributed by atoms with Crippen LogP contribution in [0.4, 0.5) is 5.69 Å². The molecule has 1 aliphatic rings. The molecule has 2 amide bonds. The first-order valence-electron chi connectivity index (χ1n) is 10.3.